The summed E-state index contributed by atoms with van der Waals surface area (Å²) in [6.07, 6.45) is 1.68. The molecule has 0 fully saturated rings. The van der Waals surface area contributed by atoms with Gasteiger partial charge in [0.1, 0.15) is 0 Å². The number of hydrogen-bond donors (Lipinski definition) is 1. The average molecular weight is 237 g/mol. The summed E-state index contributed by atoms with van der Waals surface area (Å²) >= 11 is 1.59. The first-order valence-corrected chi connectivity index (χ1v) is 6.34. The summed E-state index contributed by atoms with van der Waals surface area (Å²) in [7, 11) is 1.81. The lowest BCUT2D eigenvalue weighted by molar-refractivity contribution is -0.116. The number of aryl methyl sites for hydroxylation is 1. The number of carbonyl (C=O) groups excluding carboxylic acids is 1. The molecule has 0 aromatic heterocycles. The van der Waals surface area contributed by atoms with E-state index in [1.807, 2.05) is 19.2 Å². The molecule has 0 aliphatic carbocycles. The average Bonchev–Trinajstić information content (AvgIpc) is 2.31. The van der Waals surface area contributed by atoms with Crippen molar-refractivity contribution in [2.24, 2.45) is 0 Å². The van der Waals surface area contributed by atoms with Gasteiger partial charge >= 0.3 is 0 Å². The molecule has 86 valence electrons. The maximum absolute atomic E-state index is 11.5. The van der Waals surface area contributed by atoms with Crippen LogP contribution in [-0.2, 0) is 11.2 Å². The highest BCUT2D eigenvalue weighted by Gasteiger charge is 2.21. The highest BCUT2D eigenvalue weighted by Crippen LogP contribution is 2.35. The summed E-state index contributed by atoms with van der Waals surface area (Å²) < 4.78 is 0. The standard InChI is InChI=1S/C12H15NO2S/c1-13-10-5-4-9(3-2-6-14)7-11(10)16-8-12(13)15/h4-5,7,14H,2-3,6,8H2,1H3. The summed E-state index contributed by atoms with van der Waals surface area (Å²) in [5, 5.41) is 8.78. The number of rotatable bonds is 3. The van der Waals surface area contributed by atoms with Crippen LogP contribution in [0.25, 0.3) is 0 Å². The number of hydrogen-bond acceptors (Lipinski definition) is 3. The lowest BCUT2D eigenvalue weighted by atomic mass is 10.1. The molecule has 2 rings (SSSR count). The fourth-order valence-electron chi connectivity index (χ4n) is 1.76. The number of benzene rings is 1. The van der Waals surface area contributed by atoms with Crippen molar-refractivity contribution in [3.05, 3.63) is 23.8 Å². The van der Waals surface area contributed by atoms with Crippen molar-refractivity contribution in [3.63, 3.8) is 0 Å². The van der Waals surface area contributed by atoms with Gasteiger partial charge in [0.2, 0.25) is 5.91 Å². The molecular formula is C12H15NO2S. The van der Waals surface area contributed by atoms with Gasteiger partial charge in [0.05, 0.1) is 11.4 Å². The van der Waals surface area contributed by atoms with Crippen molar-refractivity contribution in [2.75, 3.05) is 24.3 Å². The van der Waals surface area contributed by atoms with Crippen molar-refractivity contribution < 1.29 is 9.90 Å². The highest BCUT2D eigenvalue weighted by molar-refractivity contribution is 8.00. The Morgan fingerprint density at radius 2 is 2.31 bits per heavy atom. The zero-order valence-corrected chi connectivity index (χ0v) is 10.1. The van der Waals surface area contributed by atoms with Crippen molar-refractivity contribution in [2.45, 2.75) is 17.7 Å². The van der Waals surface area contributed by atoms with E-state index in [2.05, 4.69) is 6.07 Å². The topological polar surface area (TPSA) is 40.5 Å². The van der Waals surface area contributed by atoms with Crippen molar-refractivity contribution in [3.8, 4) is 0 Å². The second kappa shape index (κ2) is 4.89. The van der Waals surface area contributed by atoms with Gasteiger partial charge in [0.15, 0.2) is 0 Å². The number of aliphatic hydroxyl groups excluding tert-OH is 1. The number of thioether (sulfide) groups is 1. The quantitative estimate of drug-likeness (QED) is 0.869. The number of fused-ring (bicyclic) bond motifs is 1. The Bertz CT molecular complexity index is 406. The smallest absolute Gasteiger partial charge is 0.237 e. The van der Waals surface area contributed by atoms with Crippen molar-refractivity contribution in [1.82, 2.24) is 0 Å². The predicted molar refractivity (Wildman–Crippen MR) is 66.0 cm³/mol. The fourth-order valence-corrected chi connectivity index (χ4v) is 2.82. The first-order valence-electron chi connectivity index (χ1n) is 5.35. The van der Waals surface area contributed by atoms with E-state index in [0.29, 0.717) is 5.75 Å². The van der Waals surface area contributed by atoms with E-state index in [9.17, 15) is 4.79 Å². The molecule has 0 bridgehead atoms. The van der Waals surface area contributed by atoms with Gasteiger partial charge in [0.25, 0.3) is 0 Å². The molecule has 0 saturated heterocycles. The summed E-state index contributed by atoms with van der Waals surface area (Å²) in [6.45, 7) is 0.225. The Hall–Kier alpha value is -1.00. The lowest BCUT2D eigenvalue weighted by Gasteiger charge is -2.25. The lowest BCUT2D eigenvalue weighted by Crippen LogP contribution is -2.31. The maximum Gasteiger partial charge on any atom is 0.237 e. The van der Waals surface area contributed by atoms with Crippen LogP contribution in [0.3, 0.4) is 0 Å². The first-order chi connectivity index (χ1) is 7.72. The highest BCUT2D eigenvalue weighted by atomic mass is 32.2. The fraction of sp³-hybridized carbons (Fsp3) is 0.417. The summed E-state index contributed by atoms with van der Waals surface area (Å²) in [5.74, 6) is 0.674. The van der Waals surface area contributed by atoms with Crippen molar-refractivity contribution >= 4 is 23.4 Å². The van der Waals surface area contributed by atoms with Crippen LogP contribution in [0.5, 0.6) is 0 Å². The van der Waals surface area contributed by atoms with E-state index in [4.69, 9.17) is 5.11 Å². The molecule has 1 aliphatic rings. The Morgan fingerprint density at radius 1 is 1.50 bits per heavy atom. The molecule has 0 atom stereocenters. The second-order valence-electron chi connectivity index (χ2n) is 3.87. The van der Waals surface area contributed by atoms with Crippen LogP contribution < -0.4 is 4.90 Å². The van der Waals surface area contributed by atoms with E-state index in [1.165, 1.54) is 5.56 Å². The molecule has 1 N–H and O–H groups in total. The van der Waals surface area contributed by atoms with Gasteiger partial charge in [0, 0.05) is 18.6 Å². The van der Waals surface area contributed by atoms with E-state index in [1.54, 1.807) is 16.7 Å². The molecule has 1 amide bonds. The Morgan fingerprint density at radius 3 is 3.06 bits per heavy atom. The number of nitrogens with zero attached hydrogens (tertiary/aromatic N) is 1. The largest absolute Gasteiger partial charge is 0.396 e. The van der Waals surface area contributed by atoms with Gasteiger partial charge in [-0.15, -0.1) is 11.8 Å². The number of aliphatic hydroxyl groups is 1. The van der Waals surface area contributed by atoms with Gasteiger partial charge < -0.3 is 10.0 Å². The van der Waals surface area contributed by atoms with Crippen LogP contribution in [0.15, 0.2) is 23.1 Å². The van der Waals surface area contributed by atoms with E-state index in [-0.39, 0.29) is 12.5 Å². The Balaban J connectivity index is 2.23. The normalized spacial score (nSPS) is 15.1. The number of amides is 1. The van der Waals surface area contributed by atoms with Gasteiger partial charge in [-0.05, 0) is 30.5 Å². The van der Waals surface area contributed by atoms with Crippen LogP contribution in [0.2, 0.25) is 0 Å². The van der Waals surface area contributed by atoms with Gasteiger partial charge in [-0.2, -0.15) is 0 Å². The minimum absolute atomic E-state index is 0.153. The van der Waals surface area contributed by atoms with Gasteiger partial charge in [-0.3, -0.25) is 4.79 Å². The molecular weight excluding hydrogens is 222 g/mol. The number of carbonyl (C=O) groups is 1. The molecule has 1 aromatic rings. The van der Waals surface area contributed by atoms with Crippen LogP contribution in [0, 0.1) is 0 Å². The maximum atomic E-state index is 11.5. The van der Waals surface area contributed by atoms with Crippen molar-refractivity contribution in [1.29, 1.82) is 0 Å². The third-order valence-electron chi connectivity index (χ3n) is 2.73. The summed E-state index contributed by atoms with van der Waals surface area (Å²) in [4.78, 5) is 14.4. The monoisotopic (exact) mass is 237 g/mol. The van der Waals surface area contributed by atoms with Gasteiger partial charge in [-0.1, -0.05) is 6.07 Å². The minimum atomic E-state index is 0.153. The molecule has 16 heavy (non-hydrogen) atoms. The molecule has 0 radical (unpaired) electrons. The Kier molecular flexibility index (Phi) is 3.51. The molecule has 1 aliphatic heterocycles. The molecule has 0 spiro atoms. The second-order valence-corrected chi connectivity index (χ2v) is 4.89. The van der Waals surface area contributed by atoms with Crippen LogP contribution in [-0.4, -0.2) is 30.4 Å². The van der Waals surface area contributed by atoms with Gasteiger partial charge in [-0.25, -0.2) is 0 Å². The number of anilines is 1. The summed E-state index contributed by atoms with van der Waals surface area (Å²) in [5.41, 5.74) is 2.22. The minimum Gasteiger partial charge on any atom is -0.396 e. The summed E-state index contributed by atoms with van der Waals surface area (Å²) in [6, 6.07) is 6.15. The first kappa shape index (κ1) is 11.5. The third kappa shape index (κ3) is 2.23. The van der Waals surface area contributed by atoms with Crippen LogP contribution >= 0.6 is 11.8 Å². The Labute approximate surface area is 99.5 Å². The predicted octanol–water partition coefficient (Wildman–Crippen LogP) is 1.68. The van der Waals surface area contributed by atoms with Crippen LogP contribution in [0.4, 0.5) is 5.69 Å². The van der Waals surface area contributed by atoms with E-state index >= 15 is 0 Å². The molecule has 0 unspecified atom stereocenters. The van der Waals surface area contributed by atoms with Crippen LogP contribution in [0.1, 0.15) is 12.0 Å². The third-order valence-corrected chi connectivity index (χ3v) is 3.76. The zero-order chi connectivity index (χ0) is 11.5. The SMILES string of the molecule is CN1C(=O)CSc2cc(CCCO)ccc21. The molecule has 4 heteroatoms. The molecule has 0 saturated carbocycles. The molecule has 1 heterocycles. The zero-order valence-electron chi connectivity index (χ0n) is 9.27. The molecule has 1 aromatic carbocycles. The van der Waals surface area contributed by atoms with E-state index < -0.39 is 0 Å². The molecule has 3 nitrogen and oxygen atoms in total. The van der Waals surface area contributed by atoms with E-state index in [0.717, 1.165) is 23.4 Å².